The molecule has 4 amide bonds. The zero-order valence-corrected chi connectivity index (χ0v) is 20.3. The summed E-state index contributed by atoms with van der Waals surface area (Å²) in [6.45, 7) is 0. The van der Waals surface area contributed by atoms with E-state index in [0.29, 0.717) is 32.3 Å². The molecule has 0 spiro atoms. The SMILES string of the molecule is Cn1cnc([N+](=O)[O-])c1Sc1ncnc2nc[nH]c12.O=C1CCC(N2C(=O)c3ccccc3C2=O)C(=O)N1. The van der Waals surface area contributed by atoms with Crippen molar-refractivity contribution in [1.29, 1.82) is 0 Å². The highest BCUT2D eigenvalue weighted by Crippen LogP contribution is 2.34. The van der Waals surface area contributed by atoms with Crippen LogP contribution >= 0.6 is 11.8 Å². The van der Waals surface area contributed by atoms with Crippen LogP contribution in [0.5, 0.6) is 0 Å². The van der Waals surface area contributed by atoms with Gasteiger partial charge in [0.15, 0.2) is 10.7 Å². The third-order valence-corrected chi connectivity index (χ3v) is 6.93. The van der Waals surface area contributed by atoms with E-state index in [0.717, 1.165) is 16.7 Å². The molecule has 0 saturated carbocycles. The fourth-order valence-corrected chi connectivity index (χ4v) is 4.93. The second-order valence-electron chi connectivity index (χ2n) is 8.12. The van der Waals surface area contributed by atoms with Crippen molar-refractivity contribution in [3.63, 3.8) is 0 Å². The van der Waals surface area contributed by atoms with Crippen LogP contribution < -0.4 is 5.32 Å². The molecule has 1 aromatic carbocycles. The maximum Gasteiger partial charge on any atom is 0.396 e. The molecule has 1 fully saturated rings. The quantitative estimate of drug-likeness (QED) is 0.165. The van der Waals surface area contributed by atoms with Gasteiger partial charge in [-0.05, 0) is 40.2 Å². The first-order valence-corrected chi connectivity index (χ1v) is 11.9. The van der Waals surface area contributed by atoms with E-state index in [1.165, 1.54) is 19.0 Å². The molecule has 0 radical (unpaired) electrons. The summed E-state index contributed by atoms with van der Waals surface area (Å²) >= 11 is 1.15. The zero-order valence-electron chi connectivity index (χ0n) is 19.5. The second-order valence-corrected chi connectivity index (χ2v) is 9.09. The molecule has 0 aliphatic carbocycles. The van der Waals surface area contributed by atoms with Gasteiger partial charge in [-0.1, -0.05) is 12.1 Å². The van der Waals surface area contributed by atoms with Crippen molar-refractivity contribution in [2.45, 2.75) is 28.9 Å². The van der Waals surface area contributed by atoms with E-state index in [4.69, 9.17) is 0 Å². The summed E-state index contributed by atoms with van der Waals surface area (Å²) in [5.74, 6) is -2.12. The lowest BCUT2D eigenvalue weighted by atomic mass is 10.0. The van der Waals surface area contributed by atoms with Crippen molar-refractivity contribution in [3.8, 4) is 0 Å². The molecule has 2 N–H and O–H groups in total. The summed E-state index contributed by atoms with van der Waals surface area (Å²) in [7, 11) is 1.69. The molecule has 5 heterocycles. The first-order valence-electron chi connectivity index (χ1n) is 11.0. The van der Waals surface area contributed by atoms with Gasteiger partial charge in [-0.3, -0.25) is 29.4 Å². The van der Waals surface area contributed by atoms with E-state index in [9.17, 15) is 29.3 Å². The topological polar surface area (TPSA) is 199 Å². The Morgan fingerprint density at radius 2 is 1.76 bits per heavy atom. The van der Waals surface area contributed by atoms with E-state index in [2.05, 4.69) is 30.2 Å². The number of benzene rings is 1. The number of carbonyl (C=O) groups is 4. The Balaban J connectivity index is 0.000000155. The third-order valence-electron chi connectivity index (χ3n) is 5.77. The molecule has 1 saturated heterocycles. The molecule has 38 heavy (non-hydrogen) atoms. The molecule has 3 aromatic heterocycles. The van der Waals surface area contributed by atoms with Crippen molar-refractivity contribution < 1.29 is 24.1 Å². The third kappa shape index (κ3) is 4.36. The Bertz CT molecular complexity index is 1600. The number of carbonyl (C=O) groups excluding carboxylic acids is 4. The van der Waals surface area contributed by atoms with E-state index < -0.39 is 28.7 Å². The molecule has 15 nitrogen and oxygen atoms in total. The molecular formula is C22H17N9O6S. The van der Waals surface area contributed by atoms with Gasteiger partial charge in [-0.15, -0.1) is 0 Å². The minimum Gasteiger partial charge on any atom is -0.358 e. The molecule has 6 rings (SSSR count). The number of hydrogen-bond acceptors (Lipinski definition) is 11. The van der Waals surface area contributed by atoms with Gasteiger partial charge in [0, 0.05) is 13.5 Å². The average molecular weight is 536 g/mol. The fourth-order valence-electron chi connectivity index (χ4n) is 3.98. The zero-order chi connectivity index (χ0) is 27.0. The van der Waals surface area contributed by atoms with Crippen molar-refractivity contribution in [3.05, 3.63) is 64.5 Å². The highest BCUT2D eigenvalue weighted by atomic mass is 32.2. The number of hydrogen-bond donors (Lipinski definition) is 2. The van der Waals surface area contributed by atoms with Crippen LogP contribution in [0.15, 0.2) is 53.3 Å². The molecule has 1 unspecified atom stereocenters. The number of aromatic amines is 1. The van der Waals surface area contributed by atoms with E-state index in [1.54, 1.807) is 35.9 Å². The van der Waals surface area contributed by atoms with Crippen LogP contribution in [-0.2, 0) is 16.6 Å². The van der Waals surface area contributed by atoms with Crippen molar-refractivity contribution in [2.24, 2.45) is 7.05 Å². The van der Waals surface area contributed by atoms with Crippen LogP contribution in [0.2, 0.25) is 0 Å². The van der Waals surface area contributed by atoms with E-state index >= 15 is 0 Å². The summed E-state index contributed by atoms with van der Waals surface area (Å²) in [4.78, 5) is 77.3. The van der Waals surface area contributed by atoms with Crippen molar-refractivity contribution in [1.82, 2.24) is 39.7 Å². The molecule has 2 aliphatic heterocycles. The highest BCUT2D eigenvalue weighted by Gasteiger charge is 2.44. The Labute approximate surface area is 216 Å². The maximum atomic E-state index is 12.2. The summed E-state index contributed by atoms with van der Waals surface area (Å²) in [5, 5.41) is 14.0. The van der Waals surface area contributed by atoms with Crippen molar-refractivity contribution >= 4 is 52.4 Å². The standard InChI is InChI=1S/C13H10N2O4.C9H7N7O2S/c16-10-6-5-9(11(17)14-10)15-12(18)7-3-1-2-4-8(7)13(15)19;1-15-4-14-7(16(17)18)9(15)19-8-5-6(11-2-10-5)12-3-13-8/h1-4,9H,5-6H2,(H,14,16,17);2-4H,1H3,(H,10,11,12,13). The monoisotopic (exact) mass is 535 g/mol. The first-order chi connectivity index (χ1) is 18.3. The predicted octanol–water partition coefficient (Wildman–Crippen LogP) is 1.23. The largest absolute Gasteiger partial charge is 0.396 e. The number of rotatable bonds is 4. The van der Waals surface area contributed by atoms with Gasteiger partial charge in [-0.25, -0.2) is 15.0 Å². The lowest BCUT2D eigenvalue weighted by Crippen LogP contribution is -2.54. The maximum absolute atomic E-state index is 12.2. The number of nitrogens with one attached hydrogen (secondary N) is 2. The number of H-pyrrole nitrogens is 1. The van der Waals surface area contributed by atoms with Gasteiger partial charge >= 0.3 is 5.82 Å². The molecule has 2 aliphatic rings. The number of fused-ring (bicyclic) bond motifs is 2. The number of nitro groups is 1. The molecule has 1 atom stereocenters. The molecule has 192 valence electrons. The van der Waals surface area contributed by atoms with Gasteiger partial charge < -0.3 is 19.7 Å². The van der Waals surface area contributed by atoms with Gasteiger partial charge in [0.1, 0.15) is 22.9 Å². The van der Waals surface area contributed by atoms with Crippen LogP contribution in [0.25, 0.3) is 11.2 Å². The number of piperidine rings is 1. The van der Waals surface area contributed by atoms with E-state index in [1.807, 2.05) is 0 Å². The second kappa shape index (κ2) is 9.81. The van der Waals surface area contributed by atoms with Gasteiger partial charge in [0.25, 0.3) is 11.8 Å². The van der Waals surface area contributed by atoms with Gasteiger partial charge in [-0.2, -0.15) is 0 Å². The van der Waals surface area contributed by atoms with Crippen LogP contribution in [0.1, 0.15) is 33.6 Å². The predicted molar refractivity (Wildman–Crippen MR) is 129 cm³/mol. The lowest BCUT2D eigenvalue weighted by molar-refractivity contribution is -0.392. The molecule has 4 aromatic rings. The van der Waals surface area contributed by atoms with Gasteiger partial charge in [0.2, 0.25) is 18.1 Å². The summed E-state index contributed by atoms with van der Waals surface area (Å²) < 4.78 is 1.58. The normalized spacial score (nSPS) is 16.8. The Morgan fingerprint density at radius 3 is 2.42 bits per heavy atom. The average Bonchev–Trinajstić information content (AvgIpc) is 3.58. The lowest BCUT2D eigenvalue weighted by Gasteiger charge is -2.27. The summed E-state index contributed by atoms with van der Waals surface area (Å²) in [5.41, 5.74) is 1.76. The summed E-state index contributed by atoms with van der Waals surface area (Å²) in [6.07, 6.45) is 4.57. The first kappa shape index (κ1) is 24.7. The fraction of sp³-hybridized carbons (Fsp3) is 0.182. The van der Waals surface area contributed by atoms with Crippen LogP contribution in [-0.4, -0.2) is 69.0 Å². The Hall–Kier alpha value is -4.99. The van der Waals surface area contributed by atoms with E-state index in [-0.39, 0.29) is 24.6 Å². The number of aryl methyl sites for hydroxylation is 1. The number of imidazole rings is 2. The van der Waals surface area contributed by atoms with Crippen LogP contribution in [0, 0.1) is 10.1 Å². The van der Waals surface area contributed by atoms with Crippen molar-refractivity contribution in [2.75, 3.05) is 0 Å². The number of imide groups is 2. The Morgan fingerprint density at radius 1 is 1.05 bits per heavy atom. The smallest absolute Gasteiger partial charge is 0.358 e. The minimum atomic E-state index is -0.898. The van der Waals surface area contributed by atoms with Crippen LogP contribution in [0.4, 0.5) is 5.82 Å². The molecule has 16 heteroatoms. The molecular weight excluding hydrogens is 518 g/mol. The molecule has 0 bridgehead atoms. The Kier molecular flexibility index (Phi) is 6.38. The van der Waals surface area contributed by atoms with Crippen LogP contribution in [0.3, 0.4) is 0 Å². The number of amides is 4. The summed E-state index contributed by atoms with van der Waals surface area (Å²) in [6, 6.07) is 5.55. The minimum absolute atomic E-state index is 0.129. The highest BCUT2D eigenvalue weighted by molar-refractivity contribution is 7.99. The number of aromatic nitrogens is 6. The van der Waals surface area contributed by atoms with Gasteiger partial charge in [0.05, 0.1) is 17.5 Å². The number of nitrogens with zero attached hydrogens (tertiary/aromatic N) is 7.